The molecule has 152 valence electrons. The number of nitrogens with zero attached hydrogens (tertiary/aromatic N) is 2. The minimum Gasteiger partial charge on any atom is -0.755 e. The van der Waals surface area contributed by atoms with Crippen molar-refractivity contribution in [2.75, 3.05) is 37.5 Å². The van der Waals surface area contributed by atoms with Gasteiger partial charge in [0.15, 0.2) is 11.5 Å². The summed E-state index contributed by atoms with van der Waals surface area (Å²) in [7, 11) is 7.04. The van der Waals surface area contributed by atoms with Crippen LogP contribution >= 0.6 is 0 Å². The molecule has 29 heavy (non-hydrogen) atoms. The van der Waals surface area contributed by atoms with E-state index in [4.69, 9.17) is 9.47 Å². The standard InChI is InChI=1S/C22H24N2O4S/c1-23(2)18-9-11-19(12-10-18)24(29(25)26)20-7-5-6-16(14-20)17-8-13-21(27-3)22(15-17)28-4/h5-15H,1-4H3,(H,25,26)/p-1. The quantitative estimate of drug-likeness (QED) is 0.540. The van der Waals surface area contributed by atoms with E-state index in [9.17, 15) is 8.76 Å². The van der Waals surface area contributed by atoms with Gasteiger partial charge in [-0.1, -0.05) is 18.2 Å². The van der Waals surface area contributed by atoms with Crippen LogP contribution in [0.4, 0.5) is 17.1 Å². The van der Waals surface area contributed by atoms with E-state index in [-0.39, 0.29) is 0 Å². The Balaban J connectivity index is 2.01. The molecule has 1 unspecified atom stereocenters. The highest BCUT2D eigenvalue weighted by Crippen LogP contribution is 2.35. The first-order valence-corrected chi connectivity index (χ1v) is 9.97. The van der Waals surface area contributed by atoms with Crippen molar-refractivity contribution >= 4 is 28.3 Å². The lowest BCUT2D eigenvalue weighted by atomic mass is 10.0. The first-order chi connectivity index (χ1) is 13.9. The van der Waals surface area contributed by atoms with Crippen LogP contribution < -0.4 is 18.7 Å². The molecule has 0 aliphatic rings. The van der Waals surface area contributed by atoms with Crippen molar-refractivity contribution in [2.24, 2.45) is 0 Å². The van der Waals surface area contributed by atoms with E-state index in [1.807, 2.05) is 67.5 Å². The lowest BCUT2D eigenvalue weighted by Crippen LogP contribution is -2.19. The van der Waals surface area contributed by atoms with Gasteiger partial charge in [-0.15, -0.1) is 0 Å². The molecular formula is C22H23N2O4S-. The van der Waals surface area contributed by atoms with Crippen molar-refractivity contribution in [3.05, 3.63) is 66.7 Å². The van der Waals surface area contributed by atoms with E-state index in [0.717, 1.165) is 16.8 Å². The maximum Gasteiger partial charge on any atom is 0.161 e. The molecule has 0 aliphatic heterocycles. The summed E-state index contributed by atoms with van der Waals surface area (Å²) in [6, 6.07) is 20.3. The third-order valence-corrected chi connectivity index (χ3v) is 5.27. The smallest absolute Gasteiger partial charge is 0.161 e. The summed E-state index contributed by atoms with van der Waals surface area (Å²) in [6.07, 6.45) is 0. The second-order valence-corrected chi connectivity index (χ2v) is 7.34. The number of rotatable bonds is 7. The third kappa shape index (κ3) is 4.52. The van der Waals surface area contributed by atoms with Crippen LogP contribution in [0, 0.1) is 0 Å². The molecule has 6 nitrogen and oxygen atoms in total. The maximum absolute atomic E-state index is 12.0. The van der Waals surface area contributed by atoms with Crippen molar-refractivity contribution in [3.63, 3.8) is 0 Å². The molecule has 0 spiro atoms. The molecular weight excluding hydrogens is 388 g/mol. The Bertz CT molecular complexity index is 1010. The van der Waals surface area contributed by atoms with Gasteiger partial charge in [0, 0.05) is 19.8 Å². The number of anilines is 3. The lowest BCUT2D eigenvalue weighted by molar-refractivity contribution is 0.355. The van der Waals surface area contributed by atoms with E-state index < -0.39 is 11.3 Å². The highest BCUT2D eigenvalue weighted by atomic mass is 32.2. The lowest BCUT2D eigenvalue weighted by Gasteiger charge is -2.27. The van der Waals surface area contributed by atoms with Gasteiger partial charge in [0.05, 0.1) is 36.9 Å². The van der Waals surface area contributed by atoms with Crippen LogP contribution in [0.25, 0.3) is 11.1 Å². The molecule has 0 fully saturated rings. The van der Waals surface area contributed by atoms with Crippen LogP contribution in [0.15, 0.2) is 66.7 Å². The fraction of sp³-hybridized carbons (Fsp3) is 0.182. The van der Waals surface area contributed by atoms with Crippen LogP contribution in [0.1, 0.15) is 0 Å². The molecule has 0 saturated carbocycles. The predicted octanol–water partition coefficient (Wildman–Crippen LogP) is 4.37. The summed E-state index contributed by atoms with van der Waals surface area (Å²) in [5.41, 5.74) is 3.86. The highest BCUT2D eigenvalue weighted by molar-refractivity contribution is 7.81. The Hall–Kier alpha value is -3.03. The topological polar surface area (TPSA) is 65.1 Å². The van der Waals surface area contributed by atoms with Crippen LogP contribution in [0.2, 0.25) is 0 Å². The molecule has 0 heterocycles. The van der Waals surface area contributed by atoms with Gasteiger partial charge in [0.1, 0.15) is 0 Å². The van der Waals surface area contributed by atoms with Crippen LogP contribution in [0.3, 0.4) is 0 Å². The van der Waals surface area contributed by atoms with Crippen molar-refractivity contribution in [1.29, 1.82) is 0 Å². The SMILES string of the molecule is COc1ccc(-c2cccc(N(c3ccc(N(C)C)cc3)S(=O)[O-])c2)cc1OC. The van der Waals surface area contributed by atoms with Crippen LogP contribution in [-0.2, 0) is 11.3 Å². The van der Waals surface area contributed by atoms with E-state index in [1.54, 1.807) is 32.4 Å². The Morgan fingerprint density at radius 1 is 0.759 bits per heavy atom. The normalized spacial score (nSPS) is 11.6. The van der Waals surface area contributed by atoms with E-state index in [0.29, 0.717) is 22.9 Å². The molecule has 1 atom stereocenters. The van der Waals surface area contributed by atoms with E-state index >= 15 is 0 Å². The number of hydrogen-bond acceptors (Lipinski definition) is 5. The largest absolute Gasteiger partial charge is 0.755 e. The van der Waals surface area contributed by atoms with Crippen LogP contribution in [-0.4, -0.2) is 37.1 Å². The third-order valence-electron chi connectivity index (χ3n) is 4.55. The predicted molar refractivity (Wildman–Crippen MR) is 117 cm³/mol. The number of benzene rings is 3. The summed E-state index contributed by atoms with van der Waals surface area (Å²) in [4.78, 5) is 1.96. The first-order valence-electron chi connectivity index (χ1n) is 8.94. The Morgan fingerprint density at radius 2 is 1.38 bits per heavy atom. The fourth-order valence-electron chi connectivity index (χ4n) is 3.03. The number of ether oxygens (including phenoxy) is 2. The average molecular weight is 412 g/mol. The molecule has 3 aromatic carbocycles. The van der Waals surface area contributed by atoms with E-state index in [1.165, 1.54) is 4.31 Å². The molecule has 3 rings (SSSR count). The van der Waals surface area contributed by atoms with Gasteiger partial charge in [0.25, 0.3) is 0 Å². The molecule has 0 aromatic heterocycles. The Kier molecular flexibility index (Phi) is 6.41. The summed E-state index contributed by atoms with van der Waals surface area (Å²) < 4.78 is 36.0. The zero-order valence-electron chi connectivity index (χ0n) is 16.8. The van der Waals surface area contributed by atoms with Gasteiger partial charge >= 0.3 is 0 Å². The number of hydrogen-bond donors (Lipinski definition) is 0. The first kappa shape index (κ1) is 20.7. The maximum atomic E-state index is 12.0. The van der Waals surface area contributed by atoms with Crippen molar-refractivity contribution in [2.45, 2.75) is 0 Å². The van der Waals surface area contributed by atoms with Gasteiger partial charge in [0.2, 0.25) is 0 Å². The highest BCUT2D eigenvalue weighted by Gasteiger charge is 2.13. The molecule has 0 saturated heterocycles. The molecule has 7 heteroatoms. The molecule has 0 N–H and O–H groups in total. The van der Waals surface area contributed by atoms with Crippen LogP contribution in [0.5, 0.6) is 11.5 Å². The molecule has 3 aromatic rings. The van der Waals surface area contributed by atoms with Crippen molar-refractivity contribution in [3.8, 4) is 22.6 Å². The second-order valence-electron chi connectivity index (χ2n) is 6.54. The fourth-order valence-corrected chi connectivity index (χ4v) is 3.61. The zero-order valence-corrected chi connectivity index (χ0v) is 17.6. The minimum atomic E-state index is -2.47. The summed E-state index contributed by atoms with van der Waals surface area (Å²) in [6.45, 7) is 0. The van der Waals surface area contributed by atoms with Crippen molar-refractivity contribution in [1.82, 2.24) is 0 Å². The summed E-state index contributed by atoms with van der Waals surface area (Å²) in [5.74, 6) is 1.25. The zero-order chi connectivity index (χ0) is 21.0. The van der Waals surface area contributed by atoms with Gasteiger partial charge in [-0.05, 0) is 59.7 Å². The molecule has 0 amide bonds. The second kappa shape index (κ2) is 8.98. The van der Waals surface area contributed by atoms with Gasteiger partial charge in [-0.3, -0.25) is 8.51 Å². The monoisotopic (exact) mass is 411 g/mol. The van der Waals surface area contributed by atoms with Gasteiger partial charge in [-0.2, -0.15) is 0 Å². The van der Waals surface area contributed by atoms with Crippen molar-refractivity contribution < 1.29 is 18.2 Å². The summed E-state index contributed by atoms with van der Waals surface area (Å²) in [5, 5.41) is 0. The number of methoxy groups -OCH3 is 2. The summed E-state index contributed by atoms with van der Waals surface area (Å²) >= 11 is -2.47. The molecule has 0 radical (unpaired) electrons. The van der Waals surface area contributed by atoms with Gasteiger partial charge < -0.3 is 18.9 Å². The van der Waals surface area contributed by atoms with E-state index in [2.05, 4.69) is 0 Å². The average Bonchev–Trinajstić information content (AvgIpc) is 2.73. The molecule has 0 bridgehead atoms. The minimum absolute atomic E-state index is 0.545. The molecule has 0 aliphatic carbocycles. The Labute approximate surface area is 173 Å². The Morgan fingerprint density at radius 3 is 1.97 bits per heavy atom. The van der Waals surface area contributed by atoms with Gasteiger partial charge in [-0.25, -0.2) is 0 Å².